The van der Waals surface area contributed by atoms with E-state index in [9.17, 15) is 8.78 Å². The monoisotopic (exact) mass is 255 g/mol. The largest absolute Gasteiger partial charge is 0.452 e. The summed E-state index contributed by atoms with van der Waals surface area (Å²) >= 11 is 5.59. The van der Waals surface area contributed by atoms with Gasteiger partial charge in [0.2, 0.25) is 0 Å². The fourth-order valence-corrected chi connectivity index (χ4v) is 1.45. The van der Waals surface area contributed by atoms with E-state index in [2.05, 4.69) is 0 Å². The van der Waals surface area contributed by atoms with Crippen molar-refractivity contribution < 1.29 is 13.5 Å². The summed E-state index contributed by atoms with van der Waals surface area (Å²) in [5.74, 6) is -1.39. The molecule has 2 N–H and O–H groups in total. The van der Waals surface area contributed by atoms with E-state index in [1.165, 1.54) is 36.4 Å². The topological polar surface area (TPSA) is 35.2 Å². The van der Waals surface area contributed by atoms with Gasteiger partial charge < -0.3 is 10.5 Å². The van der Waals surface area contributed by atoms with Crippen molar-refractivity contribution in [3.05, 3.63) is 53.1 Å². The van der Waals surface area contributed by atoms with E-state index in [1.54, 1.807) is 0 Å². The molecule has 0 atom stereocenters. The van der Waals surface area contributed by atoms with E-state index in [4.69, 9.17) is 22.1 Å². The molecule has 0 radical (unpaired) electrons. The fraction of sp³-hybridized carbons (Fsp3) is 0. The summed E-state index contributed by atoms with van der Waals surface area (Å²) in [7, 11) is 0. The minimum absolute atomic E-state index is 0.0474. The van der Waals surface area contributed by atoms with Crippen LogP contribution in [-0.4, -0.2) is 0 Å². The summed E-state index contributed by atoms with van der Waals surface area (Å²) in [5, 5.41) is -0.0718. The standard InChI is InChI=1S/C12H8ClF2NO/c13-7-3-1-5-9(11(7)15)17-10-6-2-4-8(14)12(10)16/h1-6H,16H2. The molecule has 17 heavy (non-hydrogen) atoms. The lowest BCUT2D eigenvalue weighted by molar-refractivity contribution is 0.441. The molecule has 0 amide bonds. The van der Waals surface area contributed by atoms with E-state index in [-0.39, 0.29) is 22.2 Å². The molecule has 0 saturated heterocycles. The number of rotatable bonds is 2. The van der Waals surface area contributed by atoms with Gasteiger partial charge >= 0.3 is 0 Å². The van der Waals surface area contributed by atoms with Crippen LogP contribution in [0.5, 0.6) is 11.5 Å². The van der Waals surface area contributed by atoms with Gasteiger partial charge in [-0.1, -0.05) is 23.7 Å². The summed E-state index contributed by atoms with van der Waals surface area (Å²) < 4.78 is 31.8. The normalized spacial score (nSPS) is 10.3. The van der Waals surface area contributed by atoms with Gasteiger partial charge in [0.15, 0.2) is 17.3 Å². The van der Waals surface area contributed by atoms with Crippen LogP contribution in [0.1, 0.15) is 0 Å². The third kappa shape index (κ3) is 2.31. The highest BCUT2D eigenvalue weighted by Crippen LogP contribution is 2.32. The third-order valence-electron chi connectivity index (χ3n) is 2.15. The highest BCUT2D eigenvalue weighted by atomic mass is 35.5. The van der Waals surface area contributed by atoms with Crippen LogP contribution in [0, 0.1) is 11.6 Å². The molecule has 0 spiro atoms. The lowest BCUT2D eigenvalue weighted by atomic mass is 10.3. The Labute approximate surface area is 102 Å². The lowest BCUT2D eigenvalue weighted by Gasteiger charge is -2.09. The Bertz CT molecular complexity index is 511. The molecule has 0 aliphatic carbocycles. The quantitative estimate of drug-likeness (QED) is 0.824. The number of hydrogen-bond acceptors (Lipinski definition) is 2. The molecular formula is C12H8ClF2NO. The Morgan fingerprint density at radius 1 is 1.00 bits per heavy atom. The molecule has 0 fully saturated rings. The fourth-order valence-electron chi connectivity index (χ4n) is 1.29. The number of nitrogens with two attached hydrogens (primary N) is 1. The SMILES string of the molecule is Nc1c(F)cccc1Oc1cccc(Cl)c1F. The molecule has 0 aliphatic rings. The van der Waals surface area contributed by atoms with Crippen LogP contribution in [0.15, 0.2) is 36.4 Å². The van der Waals surface area contributed by atoms with Gasteiger partial charge in [0.25, 0.3) is 0 Å². The molecule has 0 unspecified atom stereocenters. The van der Waals surface area contributed by atoms with Crippen LogP contribution in [0.25, 0.3) is 0 Å². The van der Waals surface area contributed by atoms with Crippen LogP contribution >= 0.6 is 11.6 Å². The summed E-state index contributed by atoms with van der Waals surface area (Å²) in [4.78, 5) is 0. The number of ether oxygens (including phenoxy) is 1. The molecule has 2 aromatic carbocycles. The van der Waals surface area contributed by atoms with Crippen molar-refractivity contribution in [1.82, 2.24) is 0 Å². The van der Waals surface area contributed by atoms with Crippen molar-refractivity contribution in [3.63, 3.8) is 0 Å². The van der Waals surface area contributed by atoms with Gasteiger partial charge in [0, 0.05) is 0 Å². The maximum atomic E-state index is 13.5. The number of nitrogen functional groups attached to an aromatic ring is 1. The highest BCUT2D eigenvalue weighted by molar-refractivity contribution is 6.30. The van der Waals surface area contributed by atoms with E-state index in [0.717, 1.165) is 0 Å². The van der Waals surface area contributed by atoms with E-state index in [0.29, 0.717) is 0 Å². The van der Waals surface area contributed by atoms with E-state index in [1.807, 2.05) is 0 Å². The molecular weight excluding hydrogens is 248 g/mol. The lowest BCUT2D eigenvalue weighted by Crippen LogP contribution is -1.96. The van der Waals surface area contributed by atoms with Gasteiger partial charge in [-0.3, -0.25) is 0 Å². The minimum Gasteiger partial charge on any atom is -0.452 e. The maximum absolute atomic E-state index is 13.5. The first-order chi connectivity index (χ1) is 8.09. The molecule has 88 valence electrons. The van der Waals surface area contributed by atoms with Gasteiger partial charge in [-0.05, 0) is 24.3 Å². The number of para-hydroxylation sites is 1. The Hall–Kier alpha value is -1.81. The average molecular weight is 256 g/mol. The second kappa shape index (κ2) is 4.59. The van der Waals surface area contributed by atoms with Gasteiger partial charge in [0.05, 0.1) is 5.02 Å². The van der Waals surface area contributed by atoms with Crippen LogP contribution < -0.4 is 10.5 Å². The summed E-state index contributed by atoms with van der Waals surface area (Å²) in [6.45, 7) is 0. The molecule has 2 rings (SSSR count). The van der Waals surface area contributed by atoms with Crippen molar-refractivity contribution in [2.75, 3.05) is 5.73 Å². The summed E-state index contributed by atoms with van der Waals surface area (Å²) in [5.41, 5.74) is 5.29. The number of hydrogen-bond donors (Lipinski definition) is 1. The third-order valence-corrected chi connectivity index (χ3v) is 2.44. The van der Waals surface area contributed by atoms with Gasteiger partial charge in [0.1, 0.15) is 11.5 Å². The first-order valence-electron chi connectivity index (χ1n) is 4.75. The zero-order valence-corrected chi connectivity index (χ0v) is 9.34. The molecule has 2 aromatic rings. The van der Waals surface area contributed by atoms with E-state index >= 15 is 0 Å². The first-order valence-corrected chi connectivity index (χ1v) is 5.13. The Morgan fingerprint density at radius 2 is 1.65 bits per heavy atom. The zero-order chi connectivity index (χ0) is 12.4. The van der Waals surface area contributed by atoms with Gasteiger partial charge in [-0.25, -0.2) is 8.78 Å². The number of halogens is 3. The molecule has 5 heteroatoms. The predicted octanol–water partition coefficient (Wildman–Crippen LogP) is 3.99. The van der Waals surface area contributed by atoms with Crippen molar-refractivity contribution in [2.24, 2.45) is 0 Å². The molecule has 0 bridgehead atoms. The molecule has 0 aromatic heterocycles. The predicted molar refractivity (Wildman–Crippen MR) is 62.3 cm³/mol. The van der Waals surface area contributed by atoms with Crippen LogP contribution in [0.4, 0.5) is 14.5 Å². The summed E-state index contributed by atoms with van der Waals surface area (Å²) in [6.07, 6.45) is 0. The average Bonchev–Trinajstić information content (AvgIpc) is 2.31. The molecule has 0 aliphatic heterocycles. The molecule has 0 saturated carbocycles. The number of benzene rings is 2. The van der Waals surface area contributed by atoms with Gasteiger partial charge in [-0.2, -0.15) is 0 Å². The van der Waals surface area contributed by atoms with E-state index < -0.39 is 11.6 Å². The first kappa shape index (κ1) is 11.7. The summed E-state index contributed by atoms with van der Waals surface area (Å²) in [6, 6.07) is 8.35. The van der Waals surface area contributed by atoms with Crippen molar-refractivity contribution in [2.45, 2.75) is 0 Å². The van der Waals surface area contributed by atoms with Crippen LogP contribution in [-0.2, 0) is 0 Å². The Morgan fingerprint density at radius 3 is 2.41 bits per heavy atom. The van der Waals surface area contributed by atoms with Crippen molar-refractivity contribution >= 4 is 17.3 Å². The second-order valence-electron chi connectivity index (χ2n) is 3.31. The Balaban J connectivity index is 2.38. The van der Waals surface area contributed by atoms with Crippen LogP contribution in [0.3, 0.4) is 0 Å². The van der Waals surface area contributed by atoms with Crippen LogP contribution in [0.2, 0.25) is 5.02 Å². The van der Waals surface area contributed by atoms with Crippen molar-refractivity contribution in [3.8, 4) is 11.5 Å². The molecule has 0 heterocycles. The number of anilines is 1. The molecule has 2 nitrogen and oxygen atoms in total. The second-order valence-corrected chi connectivity index (χ2v) is 3.71. The maximum Gasteiger partial charge on any atom is 0.184 e. The smallest absolute Gasteiger partial charge is 0.184 e. The zero-order valence-electron chi connectivity index (χ0n) is 8.58. The van der Waals surface area contributed by atoms with Crippen molar-refractivity contribution in [1.29, 1.82) is 0 Å². The van der Waals surface area contributed by atoms with Gasteiger partial charge in [-0.15, -0.1) is 0 Å². The minimum atomic E-state index is -0.710. The highest BCUT2D eigenvalue weighted by Gasteiger charge is 2.11. The Kier molecular flexibility index (Phi) is 3.15.